The number of carbonyl (C=O) groups is 2. The molecule has 0 bridgehead atoms. The van der Waals surface area contributed by atoms with Crippen LogP contribution in [0.5, 0.6) is 5.75 Å². The van der Waals surface area contributed by atoms with E-state index in [0.29, 0.717) is 5.75 Å². The van der Waals surface area contributed by atoms with Gasteiger partial charge in [0, 0.05) is 10.6 Å². The molecule has 0 aliphatic heterocycles. The van der Waals surface area contributed by atoms with Crippen LogP contribution in [-0.2, 0) is 20.5 Å². The van der Waals surface area contributed by atoms with Gasteiger partial charge in [-0.2, -0.15) is 13.2 Å². The number of ether oxygens (including phenoxy) is 2. The number of rotatable bonds is 7. The predicted molar refractivity (Wildman–Crippen MR) is 94.8 cm³/mol. The molecule has 0 saturated heterocycles. The van der Waals surface area contributed by atoms with Gasteiger partial charge in [-0.05, 0) is 42.5 Å². The first kappa shape index (κ1) is 20.6. The van der Waals surface area contributed by atoms with Gasteiger partial charge in [-0.1, -0.05) is 6.07 Å². The summed E-state index contributed by atoms with van der Waals surface area (Å²) in [6, 6.07) is 11.2. The summed E-state index contributed by atoms with van der Waals surface area (Å²) in [7, 11) is 1.55. The number of methoxy groups -OCH3 is 1. The van der Waals surface area contributed by atoms with E-state index in [1.54, 1.807) is 31.4 Å². The molecule has 0 aliphatic rings. The van der Waals surface area contributed by atoms with Gasteiger partial charge in [-0.3, -0.25) is 9.59 Å². The highest BCUT2D eigenvalue weighted by Crippen LogP contribution is 2.30. The van der Waals surface area contributed by atoms with Crippen LogP contribution in [0.15, 0.2) is 53.4 Å². The van der Waals surface area contributed by atoms with Crippen molar-refractivity contribution in [1.82, 2.24) is 0 Å². The Hall–Kier alpha value is -2.68. The van der Waals surface area contributed by atoms with E-state index in [1.165, 1.54) is 23.9 Å². The fourth-order valence-corrected chi connectivity index (χ4v) is 2.67. The molecule has 0 atom stereocenters. The molecule has 5 nitrogen and oxygen atoms in total. The van der Waals surface area contributed by atoms with Crippen molar-refractivity contribution in [3.8, 4) is 5.75 Å². The zero-order valence-electron chi connectivity index (χ0n) is 14.2. The third kappa shape index (κ3) is 6.86. The molecule has 2 rings (SSSR count). The molecular weight excluding hydrogens is 383 g/mol. The van der Waals surface area contributed by atoms with Gasteiger partial charge in [0.15, 0.2) is 6.61 Å². The highest BCUT2D eigenvalue weighted by atomic mass is 32.2. The van der Waals surface area contributed by atoms with E-state index in [1.807, 2.05) is 0 Å². The van der Waals surface area contributed by atoms with E-state index < -0.39 is 30.2 Å². The number of esters is 1. The first-order chi connectivity index (χ1) is 12.8. The first-order valence-electron chi connectivity index (χ1n) is 7.67. The number of carbonyl (C=O) groups excluding carboxylic acids is 2. The molecule has 0 aromatic heterocycles. The molecule has 1 amide bonds. The first-order valence-corrected chi connectivity index (χ1v) is 8.66. The minimum absolute atomic E-state index is 0.0107. The van der Waals surface area contributed by atoms with Gasteiger partial charge in [0.1, 0.15) is 5.75 Å². The van der Waals surface area contributed by atoms with Gasteiger partial charge in [0.05, 0.1) is 18.4 Å². The summed E-state index contributed by atoms with van der Waals surface area (Å²) >= 11 is 1.22. The molecule has 27 heavy (non-hydrogen) atoms. The Bertz CT molecular complexity index is 794. The van der Waals surface area contributed by atoms with E-state index >= 15 is 0 Å². The van der Waals surface area contributed by atoms with Crippen LogP contribution in [0, 0.1) is 0 Å². The Morgan fingerprint density at radius 3 is 2.44 bits per heavy atom. The fourth-order valence-electron chi connectivity index (χ4n) is 1.97. The van der Waals surface area contributed by atoms with Crippen molar-refractivity contribution in [1.29, 1.82) is 0 Å². The van der Waals surface area contributed by atoms with Crippen LogP contribution in [-0.4, -0.2) is 31.3 Å². The number of alkyl halides is 3. The summed E-state index contributed by atoms with van der Waals surface area (Å²) in [6.07, 6.45) is -4.51. The summed E-state index contributed by atoms with van der Waals surface area (Å²) in [6.45, 7) is -0.585. The molecule has 0 saturated carbocycles. The van der Waals surface area contributed by atoms with Crippen molar-refractivity contribution in [3.63, 3.8) is 0 Å². The smallest absolute Gasteiger partial charge is 0.416 e. The summed E-state index contributed by atoms with van der Waals surface area (Å²) < 4.78 is 47.8. The van der Waals surface area contributed by atoms with E-state index in [0.717, 1.165) is 17.0 Å². The van der Waals surface area contributed by atoms with Gasteiger partial charge in [0.25, 0.3) is 5.91 Å². The second-order valence-electron chi connectivity index (χ2n) is 5.25. The largest absolute Gasteiger partial charge is 0.497 e. The van der Waals surface area contributed by atoms with E-state index in [-0.39, 0.29) is 11.4 Å². The Balaban J connectivity index is 1.77. The number of halogens is 3. The summed E-state index contributed by atoms with van der Waals surface area (Å²) in [5.74, 6) is -0.663. The predicted octanol–water partition coefficient (Wildman–Crippen LogP) is 3.99. The molecule has 144 valence electrons. The number of thioether (sulfide) groups is 1. The fraction of sp³-hybridized carbons (Fsp3) is 0.222. The summed E-state index contributed by atoms with van der Waals surface area (Å²) in [4.78, 5) is 24.2. The van der Waals surface area contributed by atoms with Gasteiger partial charge in [0.2, 0.25) is 0 Å². The quantitative estimate of drug-likeness (QED) is 0.564. The minimum Gasteiger partial charge on any atom is -0.497 e. The molecule has 2 aromatic carbocycles. The molecule has 0 spiro atoms. The lowest BCUT2D eigenvalue weighted by Gasteiger charge is -2.10. The lowest BCUT2D eigenvalue weighted by Crippen LogP contribution is -2.21. The Morgan fingerprint density at radius 2 is 1.81 bits per heavy atom. The molecule has 0 fully saturated rings. The number of amides is 1. The number of nitrogens with one attached hydrogen (secondary N) is 1. The van der Waals surface area contributed by atoms with Crippen LogP contribution in [0.25, 0.3) is 0 Å². The van der Waals surface area contributed by atoms with Crippen molar-refractivity contribution < 1.29 is 32.2 Å². The SMILES string of the molecule is COc1ccc(SCC(=O)OCC(=O)Nc2cccc(C(F)(F)F)c2)cc1. The van der Waals surface area contributed by atoms with Crippen molar-refractivity contribution in [2.45, 2.75) is 11.1 Å². The van der Waals surface area contributed by atoms with Gasteiger partial charge >= 0.3 is 12.1 Å². The highest BCUT2D eigenvalue weighted by molar-refractivity contribution is 8.00. The Morgan fingerprint density at radius 1 is 1.11 bits per heavy atom. The number of hydrogen-bond donors (Lipinski definition) is 1. The monoisotopic (exact) mass is 399 g/mol. The van der Waals surface area contributed by atoms with Gasteiger partial charge in [-0.15, -0.1) is 11.8 Å². The topological polar surface area (TPSA) is 64.6 Å². The molecule has 2 aromatic rings. The normalized spacial score (nSPS) is 11.0. The van der Waals surface area contributed by atoms with Crippen molar-refractivity contribution in [3.05, 3.63) is 54.1 Å². The van der Waals surface area contributed by atoms with Crippen molar-refractivity contribution in [2.24, 2.45) is 0 Å². The van der Waals surface area contributed by atoms with Crippen LogP contribution < -0.4 is 10.1 Å². The van der Waals surface area contributed by atoms with Gasteiger partial charge < -0.3 is 14.8 Å². The van der Waals surface area contributed by atoms with Crippen LogP contribution >= 0.6 is 11.8 Å². The second-order valence-corrected chi connectivity index (χ2v) is 6.30. The summed E-state index contributed by atoms with van der Waals surface area (Å²) in [5, 5.41) is 2.26. The molecule has 0 heterocycles. The molecular formula is C18H16F3NO4S. The molecule has 9 heteroatoms. The number of hydrogen-bond acceptors (Lipinski definition) is 5. The maximum absolute atomic E-state index is 12.6. The lowest BCUT2D eigenvalue weighted by atomic mass is 10.2. The third-order valence-electron chi connectivity index (χ3n) is 3.25. The summed E-state index contributed by atoms with van der Waals surface area (Å²) in [5.41, 5.74) is -0.910. The highest BCUT2D eigenvalue weighted by Gasteiger charge is 2.30. The van der Waals surface area contributed by atoms with Crippen molar-refractivity contribution in [2.75, 3.05) is 24.8 Å². The Kier molecular flexibility index (Phi) is 7.12. The second kappa shape index (κ2) is 9.31. The third-order valence-corrected chi connectivity index (χ3v) is 4.24. The van der Waals surface area contributed by atoms with Gasteiger partial charge in [-0.25, -0.2) is 0 Å². The zero-order valence-corrected chi connectivity index (χ0v) is 15.0. The zero-order chi connectivity index (χ0) is 19.9. The van der Waals surface area contributed by atoms with E-state index in [4.69, 9.17) is 9.47 Å². The molecule has 0 unspecified atom stereocenters. The van der Waals surface area contributed by atoms with E-state index in [9.17, 15) is 22.8 Å². The average Bonchev–Trinajstić information content (AvgIpc) is 2.64. The van der Waals surface area contributed by atoms with Crippen LogP contribution in [0.3, 0.4) is 0 Å². The van der Waals surface area contributed by atoms with Crippen LogP contribution in [0.1, 0.15) is 5.56 Å². The number of anilines is 1. The van der Waals surface area contributed by atoms with Crippen molar-refractivity contribution >= 4 is 29.3 Å². The van der Waals surface area contributed by atoms with E-state index in [2.05, 4.69) is 5.32 Å². The average molecular weight is 399 g/mol. The molecule has 1 N–H and O–H groups in total. The minimum atomic E-state index is -4.51. The molecule has 0 aliphatic carbocycles. The standard InChI is InChI=1S/C18H16F3NO4S/c1-25-14-5-7-15(8-6-14)27-11-17(24)26-10-16(23)22-13-4-2-3-12(9-13)18(19,20)21/h2-9H,10-11H2,1H3,(H,22,23). The Labute approximate surface area is 157 Å². The maximum Gasteiger partial charge on any atom is 0.416 e. The maximum atomic E-state index is 12.6. The van der Waals surface area contributed by atoms with Crippen LogP contribution in [0.2, 0.25) is 0 Å². The lowest BCUT2D eigenvalue weighted by molar-refractivity contribution is -0.144. The van der Waals surface area contributed by atoms with Crippen LogP contribution in [0.4, 0.5) is 18.9 Å². The number of benzene rings is 2. The molecule has 0 radical (unpaired) electrons.